The van der Waals surface area contributed by atoms with Gasteiger partial charge in [0.15, 0.2) is 0 Å². The highest BCUT2D eigenvalue weighted by Crippen LogP contribution is 2.30. The molecule has 0 aromatic heterocycles. The first-order valence-electron chi connectivity index (χ1n) is 8.68. The van der Waals surface area contributed by atoms with E-state index in [1.807, 2.05) is 30.3 Å². The lowest BCUT2D eigenvalue weighted by molar-refractivity contribution is -0.115. The molecule has 0 atom stereocenters. The van der Waals surface area contributed by atoms with Gasteiger partial charge in [0.25, 0.3) is 10.0 Å². The van der Waals surface area contributed by atoms with Crippen LogP contribution in [0.25, 0.3) is 0 Å². The van der Waals surface area contributed by atoms with Crippen LogP contribution in [0.15, 0.2) is 77.7 Å². The van der Waals surface area contributed by atoms with Crippen LogP contribution in [0.5, 0.6) is 5.75 Å². The molecule has 1 amide bonds. The Morgan fingerprint density at radius 2 is 1.69 bits per heavy atom. The number of carbonyl (C=O) groups is 1. The normalized spacial score (nSPS) is 11.0. The van der Waals surface area contributed by atoms with Gasteiger partial charge in [-0.15, -0.1) is 0 Å². The van der Waals surface area contributed by atoms with Crippen molar-refractivity contribution in [2.24, 2.45) is 0 Å². The first-order valence-corrected chi connectivity index (χ1v) is 10.5. The molecule has 0 aliphatic carbocycles. The summed E-state index contributed by atoms with van der Waals surface area (Å²) < 4.78 is 33.4. The average Bonchev–Trinajstić information content (AvgIpc) is 2.70. The molecule has 6 nitrogen and oxygen atoms in total. The van der Waals surface area contributed by atoms with Crippen LogP contribution in [0.1, 0.15) is 5.56 Å². The number of rotatable bonds is 7. The van der Waals surface area contributed by atoms with Gasteiger partial charge in [-0.1, -0.05) is 54.1 Å². The number of ether oxygens (including phenoxy) is 1. The van der Waals surface area contributed by atoms with Crippen molar-refractivity contribution in [3.05, 3.63) is 83.4 Å². The van der Waals surface area contributed by atoms with Crippen LogP contribution in [0.4, 0.5) is 11.4 Å². The molecule has 0 saturated carbocycles. The summed E-state index contributed by atoms with van der Waals surface area (Å²) in [6, 6.07) is 20.2. The van der Waals surface area contributed by atoms with E-state index in [1.165, 1.54) is 19.2 Å². The van der Waals surface area contributed by atoms with Gasteiger partial charge in [0.1, 0.15) is 10.6 Å². The maximum atomic E-state index is 12.9. The molecule has 0 fully saturated rings. The molecule has 0 aliphatic heterocycles. The van der Waals surface area contributed by atoms with Crippen molar-refractivity contribution >= 4 is 38.9 Å². The van der Waals surface area contributed by atoms with Crippen LogP contribution in [0.2, 0.25) is 5.02 Å². The van der Waals surface area contributed by atoms with Crippen molar-refractivity contribution in [2.75, 3.05) is 17.1 Å². The Hall–Kier alpha value is -3.03. The highest BCUT2D eigenvalue weighted by Gasteiger charge is 2.22. The summed E-state index contributed by atoms with van der Waals surface area (Å²) in [6.45, 7) is 0. The summed E-state index contributed by atoms with van der Waals surface area (Å²) >= 11 is 6.05. The van der Waals surface area contributed by atoms with Crippen LogP contribution in [-0.4, -0.2) is 21.4 Å². The Bertz CT molecular complexity index is 1120. The summed E-state index contributed by atoms with van der Waals surface area (Å²) in [6.07, 6.45) is 0.173. The summed E-state index contributed by atoms with van der Waals surface area (Å²) in [5.41, 5.74) is 1.44. The molecule has 29 heavy (non-hydrogen) atoms. The van der Waals surface area contributed by atoms with E-state index < -0.39 is 10.0 Å². The van der Waals surface area contributed by atoms with Crippen molar-refractivity contribution in [3.63, 3.8) is 0 Å². The number of amides is 1. The maximum Gasteiger partial charge on any atom is 0.265 e. The van der Waals surface area contributed by atoms with Crippen molar-refractivity contribution in [1.82, 2.24) is 0 Å². The number of methoxy groups -OCH3 is 1. The van der Waals surface area contributed by atoms with Gasteiger partial charge >= 0.3 is 0 Å². The Morgan fingerprint density at radius 1 is 1.00 bits per heavy atom. The summed E-state index contributed by atoms with van der Waals surface area (Å²) in [5.74, 6) is -0.116. The number of hydrogen-bond donors (Lipinski definition) is 2. The predicted molar refractivity (Wildman–Crippen MR) is 114 cm³/mol. The van der Waals surface area contributed by atoms with Crippen molar-refractivity contribution in [2.45, 2.75) is 11.3 Å². The van der Waals surface area contributed by atoms with E-state index in [-0.39, 0.29) is 33.7 Å². The Labute approximate surface area is 174 Å². The SMILES string of the molecule is COc1ccc(NC(=O)Cc2ccccc2)cc1S(=O)(=O)Nc1ccccc1Cl. The molecule has 0 aliphatic rings. The van der Waals surface area contributed by atoms with Gasteiger partial charge in [-0.25, -0.2) is 8.42 Å². The zero-order chi connectivity index (χ0) is 20.9. The molecular weight excluding hydrogens is 412 g/mol. The Morgan fingerprint density at radius 3 is 2.38 bits per heavy atom. The fourth-order valence-corrected chi connectivity index (χ4v) is 4.21. The third kappa shape index (κ3) is 5.28. The first-order chi connectivity index (χ1) is 13.9. The highest BCUT2D eigenvalue weighted by atomic mass is 35.5. The number of benzene rings is 3. The number of anilines is 2. The van der Waals surface area contributed by atoms with Gasteiger partial charge in [-0.2, -0.15) is 0 Å². The molecule has 0 bridgehead atoms. The highest BCUT2D eigenvalue weighted by molar-refractivity contribution is 7.92. The van der Waals surface area contributed by atoms with Crippen molar-refractivity contribution in [1.29, 1.82) is 0 Å². The van der Waals surface area contributed by atoms with E-state index in [4.69, 9.17) is 16.3 Å². The van der Waals surface area contributed by atoms with E-state index in [2.05, 4.69) is 10.0 Å². The zero-order valence-electron chi connectivity index (χ0n) is 15.6. The van der Waals surface area contributed by atoms with Crippen LogP contribution in [0, 0.1) is 0 Å². The van der Waals surface area contributed by atoms with Gasteiger partial charge in [-0.3, -0.25) is 9.52 Å². The van der Waals surface area contributed by atoms with Gasteiger partial charge < -0.3 is 10.1 Å². The summed E-state index contributed by atoms with van der Waals surface area (Å²) in [4.78, 5) is 12.2. The number of para-hydroxylation sites is 1. The van der Waals surface area contributed by atoms with E-state index >= 15 is 0 Å². The molecular formula is C21H19ClN2O4S. The van der Waals surface area contributed by atoms with Crippen LogP contribution >= 0.6 is 11.6 Å². The molecule has 0 spiro atoms. The lowest BCUT2D eigenvalue weighted by Gasteiger charge is -2.14. The Kier molecular flexibility index (Phi) is 6.41. The summed E-state index contributed by atoms with van der Waals surface area (Å²) in [5, 5.41) is 2.98. The molecule has 8 heteroatoms. The van der Waals surface area contributed by atoms with Crippen LogP contribution < -0.4 is 14.8 Å². The molecule has 3 rings (SSSR count). The molecule has 150 valence electrons. The van der Waals surface area contributed by atoms with Gasteiger partial charge in [0.2, 0.25) is 5.91 Å². The van der Waals surface area contributed by atoms with Crippen molar-refractivity contribution in [3.8, 4) is 5.75 Å². The number of halogens is 1. The Balaban J connectivity index is 1.85. The standard InChI is InChI=1S/C21H19ClN2O4S/c1-28-19-12-11-16(23-21(25)13-15-7-3-2-4-8-15)14-20(19)29(26,27)24-18-10-6-5-9-17(18)22/h2-12,14,24H,13H2,1H3,(H,23,25). The second-order valence-electron chi connectivity index (χ2n) is 6.16. The number of nitrogens with one attached hydrogen (secondary N) is 2. The lowest BCUT2D eigenvalue weighted by atomic mass is 10.1. The molecule has 0 heterocycles. The third-order valence-electron chi connectivity index (χ3n) is 4.06. The topological polar surface area (TPSA) is 84.5 Å². The minimum absolute atomic E-state index is 0.113. The van der Waals surface area contributed by atoms with Gasteiger partial charge in [0.05, 0.1) is 24.2 Å². The average molecular weight is 431 g/mol. The molecule has 0 unspecified atom stereocenters. The lowest BCUT2D eigenvalue weighted by Crippen LogP contribution is -2.17. The molecule has 2 N–H and O–H groups in total. The molecule has 3 aromatic rings. The first kappa shape index (κ1) is 20.7. The maximum absolute atomic E-state index is 12.9. The molecule has 0 saturated heterocycles. The second kappa shape index (κ2) is 8.98. The van der Waals surface area contributed by atoms with Crippen LogP contribution in [-0.2, 0) is 21.2 Å². The fraction of sp³-hybridized carbons (Fsp3) is 0.0952. The second-order valence-corrected chi connectivity index (χ2v) is 8.22. The monoisotopic (exact) mass is 430 g/mol. The largest absolute Gasteiger partial charge is 0.495 e. The molecule has 3 aromatic carbocycles. The predicted octanol–water partition coefficient (Wildman–Crippen LogP) is 4.33. The van der Waals surface area contributed by atoms with E-state index in [0.29, 0.717) is 5.69 Å². The fourth-order valence-electron chi connectivity index (χ4n) is 2.69. The number of hydrogen-bond acceptors (Lipinski definition) is 4. The smallest absolute Gasteiger partial charge is 0.265 e. The summed E-state index contributed by atoms with van der Waals surface area (Å²) in [7, 11) is -2.63. The molecule has 0 radical (unpaired) electrons. The zero-order valence-corrected chi connectivity index (χ0v) is 17.1. The van der Waals surface area contributed by atoms with E-state index in [9.17, 15) is 13.2 Å². The van der Waals surface area contributed by atoms with E-state index in [1.54, 1.807) is 30.3 Å². The van der Waals surface area contributed by atoms with Crippen molar-refractivity contribution < 1.29 is 17.9 Å². The minimum atomic E-state index is -4.01. The van der Waals surface area contributed by atoms with Crippen LogP contribution in [0.3, 0.4) is 0 Å². The van der Waals surface area contributed by atoms with Gasteiger partial charge in [-0.05, 0) is 35.9 Å². The third-order valence-corrected chi connectivity index (χ3v) is 5.78. The van der Waals surface area contributed by atoms with E-state index in [0.717, 1.165) is 5.56 Å². The number of carbonyl (C=O) groups excluding carboxylic acids is 1. The minimum Gasteiger partial charge on any atom is -0.495 e. The quantitative estimate of drug-likeness (QED) is 0.584. The van der Waals surface area contributed by atoms with Gasteiger partial charge in [0, 0.05) is 5.69 Å². The number of sulfonamides is 1.